The Labute approximate surface area is 130 Å². The number of aryl methyl sites for hydroxylation is 1. The number of urea groups is 1. The average Bonchev–Trinajstić information content (AvgIpc) is 2.87. The molecule has 118 valence electrons. The Morgan fingerprint density at radius 3 is 2.95 bits per heavy atom. The van der Waals surface area contributed by atoms with E-state index in [1.54, 1.807) is 23.3 Å². The lowest BCUT2D eigenvalue weighted by molar-refractivity contribution is 0.0565. The summed E-state index contributed by atoms with van der Waals surface area (Å²) in [5.41, 5.74) is 0. The van der Waals surface area contributed by atoms with Gasteiger partial charge >= 0.3 is 6.03 Å². The van der Waals surface area contributed by atoms with Crippen LogP contribution < -0.4 is 5.32 Å². The molecule has 5 nitrogen and oxygen atoms in total. The largest absolute Gasteiger partial charge is 0.393 e. The molecule has 1 fully saturated rings. The molecule has 0 aliphatic heterocycles. The predicted octanol–water partition coefficient (Wildman–Crippen LogP) is 2.19. The number of hydrogen-bond donors (Lipinski definition) is 2. The molecule has 0 radical (unpaired) electrons. The van der Waals surface area contributed by atoms with E-state index in [1.807, 2.05) is 13.1 Å². The molecule has 1 aromatic rings. The van der Waals surface area contributed by atoms with Crippen molar-refractivity contribution < 1.29 is 9.90 Å². The van der Waals surface area contributed by atoms with Gasteiger partial charge in [-0.25, -0.2) is 9.78 Å². The van der Waals surface area contributed by atoms with Crippen LogP contribution in [0.1, 0.15) is 35.6 Å². The summed E-state index contributed by atoms with van der Waals surface area (Å²) in [6.45, 7) is 3.26. The van der Waals surface area contributed by atoms with Gasteiger partial charge in [-0.3, -0.25) is 0 Å². The van der Waals surface area contributed by atoms with E-state index in [0.29, 0.717) is 13.1 Å². The highest BCUT2D eigenvalue weighted by Crippen LogP contribution is 2.24. The van der Waals surface area contributed by atoms with Gasteiger partial charge in [0, 0.05) is 43.5 Å². The fourth-order valence-electron chi connectivity index (χ4n) is 2.76. The second-order valence-electron chi connectivity index (χ2n) is 5.84. The molecule has 2 unspecified atom stereocenters. The number of thiazole rings is 1. The maximum Gasteiger partial charge on any atom is 0.317 e. The second kappa shape index (κ2) is 7.75. The zero-order chi connectivity index (χ0) is 15.2. The lowest BCUT2D eigenvalue weighted by Crippen LogP contribution is -2.43. The van der Waals surface area contributed by atoms with Crippen LogP contribution in [-0.2, 0) is 6.42 Å². The molecular formula is C15H25N3O2S. The first-order valence-corrected chi connectivity index (χ1v) is 8.46. The first-order valence-electron chi connectivity index (χ1n) is 7.64. The van der Waals surface area contributed by atoms with Crippen molar-refractivity contribution in [1.82, 2.24) is 15.2 Å². The first-order chi connectivity index (χ1) is 10.1. The van der Waals surface area contributed by atoms with Crippen LogP contribution in [0.2, 0.25) is 0 Å². The van der Waals surface area contributed by atoms with Crippen LogP contribution in [0.15, 0.2) is 6.20 Å². The number of amides is 2. The number of aliphatic hydroxyl groups is 1. The molecule has 21 heavy (non-hydrogen) atoms. The van der Waals surface area contributed by atoms with Crippen LogP contribution in [0.4, 0.5) is 4.79 Å². The summed E-state index contributed by atoms with van der Waals surface area (Å²) < 4.78 is 0. The Morgan fingerprint density at radius 1 is 1.52 bits per heavy atom. The summed E-state index contributed by atoms with van der Waals surface area (Å²) in [5.74, 6) is 0.219. The minimum Gasteiger partial charge on any atom is -0.393 e. The van der Waals surface area contributed by atoms with Crippen molar-refractivity contribution in [2.45, 2.75) is 45.1 Å². The highest BCUT2D eigenvalue weighted by Gasteiger charge is 2.25. The Morgan fingerprint density at radius 2 is 2.29 bits per heavy atom. The number of carbonyl (C=O) groups excluding carboxylic acids is 1. The molecule has 2 N–H and O–H groups in total. The van der Waals surface area contributed by atoms with Crippen LogP contribution >= 0.6 is 11.3 Å². The van der Waals surface area contributed by atoms with Crippen molar-refractivity contribution >= 4 is 17.4 Å². The van der Waals surface area contributed by atoms with Gasteiger partial charge in [-0.05, 0) is 19.8 Å². The van der Waals surface area contributed by atoms with Crippen molar-refractivity contribution in [2.75, 3.05) is 20.1 Å². The van der Waals surface area contributed by atoms with E-state index >= 15 is 0 Å². The molecule has 2 atom stereocenters. The lowest BCUT2D eigenvalue weighted by Gasteiger charge is -2.31. The topological polar surface area (TPSA) is 65.5 Å². The Hall–Kier alpha value is -1.14. The Kier molecular flexibility index (Phi) is 5.99. The lowest BCUT2D eigenvalue weighted by atomic mass is 9.86. The van der Waals surface area contributed by atoms with Crippen molar-refractivity contribution in [3.8, 4) is 0 Å². The minimum atomic E-state index is -0.257. The smallest absolute Gasteiger partial charge is 0.317 e. The molecule has 1 saturated carbocycles. The van der Waals surface area contributed by atoms with Crippen molar-refractivity contribution in [1.29, 1.82) is 0 Å². The molecule has 2 rings (SSSR count). The number of aromatic nitrogens is 1. The fourth-order valence-corrected chi connectivity index (χ4v) is 3.55. The summed E-state index contributed by atoms with van der Waals surface area (Å²) in [5, 5.41) is 13.9. The summed E-state index contributed by atoms with van der Waals surface area (Å²) >= 11 is 1.67. The number of rotatable bonds is 5. The number of carbonyl (C=O) groups is 1. The van der Waals surface area contributed by atoms with Gasteiger partial charge in [0.2, 0.25) is 0 Å². The quantitative estimate of drug-likeness (QED) is 0.876. The van der Waals surface area contributed by atoms with Crippen molar-refractivity contribution in [2.24, 2.45) is 5.92 Å². The Balaban J connectivity index is 1.69. The second-order valence-corrected chi connectivity index (χ2v) is 7.16. The zero-order valence-corrected chi connectivity index (χ0v) is 13.7. The van der Waals surface area contributed by atoms with E-state index in [2.05, 4.69) is 10.3 Å². The maximum absolute atomic E-state index is 12.0. The number of hydrogen-bond acceptors (Lipinski definition) is 4. The van der Waals surface area contributed by atoms with Gasteiger partial charge in [0.05, 0.1) is 11.1 Å². The van der Waals surface area contributed by atoms with E-state index < -0.39 is 0 Å². The summed E-state index contributed by atoms with van der Waals surface area (Å²) in [4.78, 5) is 19.2. The standard InChI is InChI=1S/C15H25N3O2S/c1-11-9-17-14(21-11)7-8-16-15(20)18(2)10-12-5-3-4-6-13(12)19/h9,12-13,19H,3-8,10H2,1-2H3,(H,16,20). The van der Waals surface area contributed by atoms with Gasteiger partial charge in [-0.1, -0.05) is 12.8 Å². The number of nitrogens with one attached hydrogen (secondary N) is 1. The van der Waals surface area contributed by atoms with E-state index in [1.165, 1.54) is 4.88 Å². The molecule has 0 aromatic carbocycles. The van der Waals surface area contributed by atoms with Crippen molar-refractivity contribution in [3.05, 3.63) is 16.1 Å². The fraction of sp³-hybridized carbons (Fsp3) is 0.733. The third-order valence-electron chi connectivity index (χ3n) is 4.01. The van der Waals surface area contributed by atoms with Gasteiger partial charge in [0.25, 0.3) is 0 Å². The molecule has 1 aliphatic carbocycles. The SMILES string of the molecule is Cc1cnc(CCNC(=O)N(C)CC2CCCCC2O)s1. The minimum absolute atomic E-state index is 0.0685. The monoisotopic (exact) mass is 311 g/mol. The normalized spacial score (nSPS) is 22.0. The molecule has 0 spiro atoms. The highest BCUT2D eigenvalue weighted by molar-refractivity contribution is 7.11. The predicted molar refractivity (Wildman–Crippen MR) is 84.5 cm³/mol. The number of nitrogens with zero attached hydrogens (tertiary/aromatic N) is 2. The maximum atomic E-state index is 12.0. The van der Waals surface area contributed by atoms with E-state index in [9.17, 15) is 9.90 Å². The van der Waals surface area contributed by atoms with Gasteiger partial charge in [-0.2, -0.15) is 0 Å². The van der Waals surface area contributed by atoms with Crippen molar-refractivity contribution in [3.63, 3.8) is 0 Å². The van der Waals surface area contributed by atoms with Crippen LogP contribution in [0.5, 0.6) is 0 Å². The molecule has 0 bridgehead atoms. The van der Waals surface area contributed by atoms with Gasteiger partial charge < -0.3 is 15.3 Å². The first kappa shape index (κ1) is 16.2. The van der Waals surface area contributed by atoms with E-state index in [4.69, 9.17) is 0 Å². The highest BCUT2D eigenvalue weighted by atomic mass is 32.1. The average molecular weight is 311 g/mol. The van der Waals surface area contributed by atoms with Crippen LogP contribution in [0.3, 0.4) is 0 Å². The Bertz CT molecular complexity index is 464. The van der Waals surface area contributed by atoms with Crippen LogP contribution in [0, 0.1) is 12.8 Å². The number of aliphatic hydroxyl groups excluding tert-OH is 1. The summed E-state index contributed by atoms with van der Waals surface area (Å²) in [6, 6.07) is -0.0685. The van der Waals surface area contributed by atoms with Crippen LogP contribution in [0.25, 0.3) is 0 Å². The van der Waals surface area contributed by atoms with Gasteiger partial charge in [0.15, 0.2) is 0 Å². The van der Waals surface area contributed by atoms with Crippen LogP contribution in [-0.4, -0.2) is 47.3 Å². The third-order valence-corrected chi connectivity index (χ3v) is 4.98. The van der Waals surface area contributed by atoms with Gasteiger partial charge in [-0.15, -0.1) is 11.3 Å². The molecular weight excluding hydrogens is 286 g/mol. The van der Waals surface area contributed by atoms with E-state index in [0.717, 1.165) is 37.1 Å². The molecule has 1 aromatic heterocycles. The molecule has 1 heterocycles. The summed E-state index contributed by atoms with van der Waals surface area (Å²) in [7, 11) is 1.80. The third kappa shape index (κ3) is 4.97. The summed E-state index contributed by atoms with van der Waals surface area (Å²) in [6.07, 6.45) is 6.50. The molecule has 2 amide bonds. The molecule has 6 heteroatoms. The van der Waals surface area contributed by atoms with Gasteiger partial charge in [0.1, 0.15) is 0 Å². The molecule has 0 saturated heterocycles. The zero-order valence-electron chi connectivity index (χ0n) is 12.8. The van der Waals surface area contributed by atoms with E-state index in [-0.39, 0.29) is 18.1 Å². The molecule has 1 aliphatic rings.